The highest BCUT2D eigenvalue weighted by Crippen LogP contribution is 2.28. The van der Waals surface area contributed by atoms with Crippen LogP contribution in [-0.4, -0.2) is 74.8 Å². The van der Waals surface area contributed by atoms with Crippen molar-refractivity contribution in [2.45, 2.75) is 78.4 Å². The lowest BCUT2D eigenvalue weighted by Gasteiger charge is -2.47. The minimum atomic E-state index is -0.105. The van der Waals surface area contributed by atoms with E-state index in [-0.39, 0.29) is 5.82 Å². The van der Waals surface area contributed by atoms with Gasteiger partial charge in [0.1, 0.15) is 17.3 Å². The van der Waals surface area contributed by atoms with E-state index in [9.17, 15) is 4.39 Å². The van der Waals surface area contributed by atoms with Crippen LogP contribution < -0.4 is 4.90 Å². The van der Waals surface area contributed by atoms with Gasteiger partial charge >= 0.3 is 0 Å². The van der Waals surface area contributed by atoms with Crippen molar-refractivity contribution in [3.8, 4) is 11.6 Å². The summed E-state index contributed by atoms with van der Waals surface area (Å²) in [4.78, 5) is 17.1. The second-order valence-electron chi connectivity index (χ2n) is 10.8. The first-order chi connectivity index (χ1) is 18.4. The summed E-state index contributed by atoms with van der Waals surface area (Å²) in [7, 11) is 0. The lowest BCUT2D eigenvalue weighted by atomic mass is 9.97. The van der Waals surface area contributed by atoms with E-state index in [1.165, 1.54) is 0 Å². The molecule has 2 saturated heterocycles. The van der Waals surface area contributed by atoms with Gasteiger partial charge in [0.05, 0.1) is 11.9 Å². The standard InChI is InChI=1S/C29H40FN7O/c1-5-7-27-33-34-29(38-27)26-17-31-28(21(4)32-26)36-14-15-37(23(6-2)19-36)24-10-12-35(13-11-24)18-22-9-8-20(3)25(30)16-22/h8-9,16-17,23-24H,5-7,10-15,18-19H2,1-4H3/t23-/m0/s1. The van der Waals surface area contributed by atoms with Gasteiger partial charge in [-0.3, -0.25) is 9.80 Å². The Hall–Kier alpha value is -2.91. The minimum Gasteiger partial charge on any atom is -0.419 e. The molecule has 8 nitrogen and oxygen atoms in total. The van der Waals surface area contributed by atoms with Crippen molar-refractivity contribution in [1.82, 2.24) is 30.0 Å². The fraction of sp³-hybridized carbons (Fsp3) is 0.586. The van der Waals surface area contributed by atoms with Crippen molar-refractivity contribution in [2.75, 3.05) is 37.6 Å². The lowest BCUT2D eigenvalue weighted by molar-refractivity contribution is 0.0610. The molecule has 0 spiro atoms. The molecule has 204 valence electrons. The first-order valence-electron chi connectivity index (χ1n) is 14.1. The Kier molecular flexibility index (Phi) is 8.33. The van der Waals surface area contributed by atoms with Crippen LogP contribution in [0.25, 0.3) is 11.6 Å². The van der Waals surface area contributed by atoms with E-state index in [0.717, 1.165) is 88.4 Å². The van der Waals surface area contributed by atoms with Crippen LogP contribution in [0.3, 0.4) is 0 Å². The summed E-state index contributed by atoms with van der Waals surface area (Å²) in [6.07, 6.45) is 6.90. The number of aromatic nitrogens is 4. The molecule has 0 bridgehead atoms. The second-order valence-corrected chi connectivity index (χ2v) is 10.8. The van der Waals surface area contributed by atoms with Crippen LogP contribution in [0, 0.1) is 19.7 Å². The van der Waals surface area contributed by atoms with Crippen LogP contribution in [0.2, 0.25) is 0 Å². The van der Waals surface area contributed by atoms with E-state index in [1.54, 1.807) is 12.3 Å². The molecule has 5 rings (SSSR count). The smallest absolute Gasteiger partial charge is 0.267 e. The SMILES string of the molecule is CCCc1nnc(-c2cnc(N3CCN(C4CCN(Cc5ccc(C)c(F)c5)CC4)[C@@H](CC)C3)c(C)n2)o1. The first-order valence-corrected chi connectivity index (χ1v) is 14.1. The fourth-order valence-corrected chi connectivity index (χ4v) is 5.87. The number of piperidine rings is 1. The summed E-state index contributed by atoms with van der Waals surface area (Å²) in [5.41, 5.74) is 3.30. The zero-order valence-electron chi connectivity index (χ0n) is 23.2. The quantitative estimate of drug-likeness (QED) is 0.419. The number of rotatable bonds is 8. The molecule has 3 aromatic rings. The predicted molar refractivity (Wildman–Crippen MR) is 146 cm³/mol. The Morgan fingerprint density at radius 3 is 2.58 bits per heavy atom. The number of anilines is 1. The third-order valence-corrected chi connectivity index (χ3v) is 8.04. The van der Waals surface area contributed by atoms with E-state index < -0.39 is 0 Å². The van der Waals surface area contributed by atoms with Crippen LogP contribution >= 0.6 is 0 Å². The van der Waals surface area contributed by atoms with Gasteiger partial charge in [-0.05, 0) is 69.8 Å². The van der Waals surface area contributed by atoms with Crippen LogP contribution in [0.1, 0.15) is 62.2 Å². The number of hydrogen-bond donors (Lipinski definition) is 0. The summed E-state index contributed by atoms with van der Waals surface area (Å²) in [6, 6.07) is 6.71. The number of aryl methyl sites for hydroxylation is 3. The van der Waals surface area contributed by atoms with Gasteiger partial charge in [0.25, 0.3) is 5.89 Å². The van der Waals surface area contributed by atoms with Crippen molar-refractivity contribution < 1.29 is 8.81 Å². The number of likely N-dealkylation sites (tertiary alicyclic amines) is 1. The summed E-state index contributed by atoms with van der Waals surface area (Å²) in [5.74, 6) is 1.92. The third-order valence-electron chi connectivity index (χ3n) is 8.04. The van der Waals surface area contributed by atoms with Crippen molar-refractivity contribution in [3.63, 3.8) is 0 Å². The first kappa shape index (κ1) is 26.7. The summed E-state index contributed by atoms with van der Waals surface area (Å²) in [6.45, 7) is 14.1. The van der Waals surface area contributed by atoms with Gasteiger partial charge in [-0.2, -0.15) is 0 Å². The van der Waals surface area contributed by atoms with Crippen LogP contribution in [0.4, 0.5) is 10.2 Å². The van der Waals surface area contributed by atoms with E-state index >= 15 is 0 Å². The molecule has 0 unspecified atom stereocenters. The van der Waals surface area contributed by atoms with E-state index in [0.29, 0.717) is 35.1 Å². The third kappa shape index (κ3) is 5.89. The van der Waals surface area contributed by atoms with Gasteiger partial charge in [-0.25, -0.2) is 14.4 Å². The zero-order chi connectivity index (χ0) is 26.6. The number of benzene rings is 1. The lowest BCUT2D eigenvalue weighted by Crippen LogP contribution is -2.58. The molecule has 1 aromatic carbocycles. The Morgan fingerprint density at radius 2 is 1.87 bits per heavy atom. The summed E-state index contributed by atoms with van der Waals surface area (Å²) < 4.78 is 19.7. The maximum atomic E-state index is 14.0. The molecule has 0 saturated carbocycles. The van der Waals surface area contributed by atoms with Crippen molar-refractivity contribution in [1.29, 1.82) is 0 Å². The van der Waals surface area contributed by atoms with Crippen LogP contribution in [0.15, 0.2) is 28.8 Å². The Balaban J connectivity index is 1.18. The summed E-state index contributed by atoms with van der Waals surface area (Å²) >= 11 is 0. The van der Waals surface area contributed by atoms with E-state index in [4.69, 9.17) is 14.4 Å². The predicted octanol–water partition coefficient (Wildman–Crippen LogP) is 4.80. The molecular weight excluding hydrogens is 481 g/mol. The molecule has 4 heterocycles. The van der Waals surface area contributed by atoms with Gasteiger partial charge in [-0.15, -0.1) is 10.2 Å². The molecule has 0 radical (unpaired) electrons. The highest BCUT2D eigenvalue weighted by molar-refractivity contribution is 5.51. The molecule has 38 heavy (non-hydrogen) atoms. The average molecular weight is 522 g/mol. The molecule has 9 heteroatoms. The molecule has 0 N–H and O–H groups in total. The zero-order valence-corrected chi connectivity index (χ0v) is 23.2. The van der Waals surface area contributed by atoms with E-state index in [1.807, 2.05) is 19.9 Å². The molecule has 0 amide bonds. The second kappa shape index (κ2) is 11.9. The monoisotopic (exact) mass is 521 g/mol. The number of halogens is 1. The molecule has 2 aliphatic rings. The molecular formula is C29H40FN7O. The number of nitrogens with zero attached hydrogens (tertiary/aromatic N) is 7. The topological polar surface area (TPSA) is 74.4 Å². The molecule has 0 aliphatic carbocycles. The maximum Gasteiger partial charge on any atom is 0.267 e. The van der Waals surface area contributed by atoms with Gasteiger partial charge in [-0.1, -0.05) is 26.0 Å². The Bertz CT molecular complexity index is 1220. The van der Waals surface area contributed by atoms with E-state index in [2.05, 4.69) is 44.8 Å². The number of hydrogen-bond acceptors (Lipinski definition) is 8. The largest absolute Gasteiger partial charge is 0.419 e. The highest BCUT2D eigenvalue weighted by Gasteiger charge is 2.34. The Morgan fingerprint density at radius 1 is 1.05 bits per heavy atom. The minimum absolute atomic E-state index is 0.105. The fourth-order valence-electron chi connectivity index (χ4n) is 5.87. The Labute approximate surface area is 225 Å². The van der Waals surface area contributed by atoms with Crippen LogP contribution in [-0.2, 0) is 13.0 Å². The normalized spacial score (nSPS) is 19.8. The van der Waals surface area contributed by atoms with Crippen LogP contribution in [0.5, 0.6) is 0 Å². The van der Waals surface area contributed by atoms with Crippen molar-refractivity contribution in [2.24, 2.45) is 0 Å². The van der Waals surface area contributed by atoms with Gasteiger partial charge in [0.2, 0.25) is 5.89 Å². The van der Waals surface area contributed by atoms with Gasteiger partial charge < -0.3 is 9.32 Å². The molecule has 2 aromatic heterocycles. The maximum absolute atomic E-state index is 14.0. The summed E-state index contributed by atoms with van der Waals surface area (Å²) in [5, 5.41) is 8.26. The van der Waals surface area contributed by atoms with Crippen molar-refractivity contribution in [3.05, 3.63) is 52.9 Å². The highest BCUT2D eigenvalue weighted by atomic mass is 19.1. The van der Waals surface area contributed by atoms with Gasteiger partial charge in [0, 0.05) is 44.7 Å². The molecule has 2 fully saturated rings. The average Bonchev–Trinajstić information content (AvgIpc) is 3.40. The molecule has 1 atom stereocenters. The van der Waals surface area contributed by atoms with Crippen molar-refractivity contribution >= 4 is 5.82 Å². The van der Waals surface area contributed by atoms with Gasteiger partial charge in [0.15, 0.2) is 0 Å². The molecule has 2 aliphatic heterocycles. The number of piperazine rings is 1.